The molecule has 4 rings (SSSR count). The summed E-state index contributed by atoms with van der Waals surface area (Å²) in [4.78, 5) is 5.19. The molecule has 6 nitrogen and oxygen atoms in total. The van der Waals surface area contributed by atoms with Gasteiger partial charge in [-0.15, -0.1) is 0 Å². The second-order valence-electron chi connectivity index (χ2n) is 7.49. The molecule has 0 saturated heterocycles. The number of imidazole rings is 1. The molecule has 34 heavy (non-hydrogen) atoms. The van der Waals surface area contributed by atoms with E-state index in [1.165, 1.54) is 12.1 Å². The van der Waals surface area contributed by atoms with E-state index in [2.05, 4.69) is 40.5 Å². The third-order valence-corrected chi connectivity index (χ3v) is 7.79. The number of rotatable bonds is 10. The Kier molecular flexibility index (Phi) is 7.72. The highest BCUT2D eigenvalue weighted by Crippen LogP contribution is 2.35. The Hall–Kier alpha value is -3.07. The average Bonchev–Trinajstić information content (AvgIpc) is 3.26. The van der Waals surface area contributed by atoms with E-state index in [0.29, 0.717) is 11.5 Å². The number of thioether (sulfide) groups is 1. The predicted octanol–water partition coefficient (Wildman–Crippen LogP) is 5.32. The number of hydrogen-bond acceptors (Lipinski definition) is 5. The smallest absolute Gasteiger partial charge is 0.240 e. The van der Waals surface area contributed by atoms with Gasteiger partial charge in [-0.05, 0) is 31.2 Å². The van der Waals surface area contributed by atoms with E-state index in [-0.39, 0.29) is 11.4 Å². The number of ether oxygens (including phenoxy) is 1. The summed E-state index contributed by atoms with van der Waals surface area (Å²) in [6.07, 6.45) is 0. The molecule has 0 fully saturated rings. The van der Waals surface area contributed by atoms with E-state index >= 15 is 0 Å². The Bertz CT molecular complexity index is 1320. The molecule has 0 aliphatic heterocycles. The molecule has 0 amide bonds. The summed E-state index contributed by atoms with van der Waals surface area (Å²) < 4.78 is 35.2. The van der Waals surface area contributed by atoms with Gasteiger partial charge >= 0.3 is 0 Å². The molecular formula is C26H27N3O3S2. The van der Waals surface area contributed by atoms with Crippen molar-refractivity contribution in [3.05, 3.63) is 84.9 Å². The van der Waals surface area contributed by atoms with Crippen LogP contribution in [-0.2, 0) is 16.6 Å². The Balaban J connectivity index is 1.53. The number of methoxy groups -OCH3 is 1. The van der Waals surface area contributed by atoms with Gasteiger partial charge in [-0.3, -0.25) is 0 Å². The SMILES string of the molecule is CCn1c(SCCNS(=O)(=O)c2ccc(OC)cc2)nc(-c2ccccc2)c1-c1ccccc1. The monoisotopic (exact) mass is 493 g/mol. The Morgan fingerprint density at radius 1 is 0.912 bits per heavy atom. The molecule has 1 heterocycles. The molecule has 0 aliphatic rings. The van der Waals surface area contributed by atoms with Crippen LogP contribution in [0.25, 0.3) is 22.5 Å². The van der Waals surface area contributed by atoms with Crippen LogP contribution in [0.5, 0.6) is 5.75 Å². The lowest BCUT2D eigenvalue weighted by atomic mass is 10.0. The second kappa shape index (κ2) is 10.9. The highest BCUT2D eigenvalue weighted by atomic mass is 32.2. The van der Waals surface area contributed by atoms with Gasteiger partial charge in [0.15, 0.2) is 5.16 Å². The van der Waals surface area contributed by atoms with E-state index in [9.17, 15) is 8.42 Å². The highest BCUT2D eigenvalue weighted by molar-refractivity contribution is 7.99. The van der Waals surface area contributed by atoms with E-state index in [1.807, 2.05) is 36.4 Å². The maximum atomic E-state index is 12.6. The van der Waals surface area contributed by atoms with Gasteiger partial charge in [0.25, 0.3) is 0 Å². The van der Waals surface area contributed by atoms with Crippen molar-refractivity contribution in [3.8, 4) is 28.3 Å². The van der Waals surface area contributed by atoms with Crippen LogP contribution < -0.4 is 9.46 Å². The minimum atomic E-state index is -3.59. The lowest BCUT2D eigenvalue weighted by Gasteiger charge is -2.11. The summed E-state index contributed by atoms with van der Waals surface area (Å²) in [6.45, 7) is 3.14. The third kappa shape index (κ3) is 5.35. The average molecular weight is 494 g/mol. The largest absolute Gasteiger partial charge is 0.497 e. The molecule has 0 bridgehead atoms. The van der Waals surface area contributed by atoms with Gasteiger partial charge in [-0.25, -0.2) is 18.1 Å². The topological polar surface area (TPSA) is 73.2 Å². The summed E-state index contributed by atoms with van der Waals surface area (Å²) in [5.74, 6) is 1.17. The summed E-state index contributed by atoms with van der Waals surface area (Å²) in [6, 6.07) is 26.7. The molecule has 0 unspecified atom stereocenters. The van der Waals surface area contributed by atoms with Crippen LogP contribution in [0.4, 0.5) is 0 Å². The van der Waals surface area contributed by atoms with Crippen LogP contribution in [0.15, 0.2) is 95.0 Å². The van der Waals surface area contributed by atoms with Crippen molar-refractivity contribution in [1.82, 2.24) is 14.3 Å². The first-order valence-electron chi connectivity index (χ1n) is 11.0. The van der Waals surface area contributed by atoms with Gasteiger partial charge in [-0.1, -0.05) is 72.4 Å². The van der Waals surface area contributed by atoms with Gasteiger partial charge in [0.1, 0.15) is 5.75 Å². The van der Waals surface area contributed by atoms with Crippen LogP contribution in [0.1, 0.15) is 6.92 Å². The first-order valence-corrected chi connectivity index (χ1v) is 13.5. The fourth-order valence-electron chi connectivity index (χ4n) is 3.68. The van der Waals surface area contributed by atoms with Crippen molar-refractivity contribution in [2.75, 3.05) is 19.4 Å². The lowest BCUT2D eigenvalue weighted by Crippen LogP contribution is -2.26. The standard InChI is InChI=1S/C26H27N3O3S2/c1-3-29-25(21-12-8-5-9-13-21)24(20-10-6-4-7-11-20)28-26(29)33-19-18-27-34(30,31)23-16-14-22(32-2)15-17-23/h4-17,27H,3,18-19H2,1-2H3. The molecule has 0 radical (unpaired) electrons. The van der Waals surface area contributed by atoms with Crippen molar-refractivity contribution < 1.29 is 13.2 Å². The van der Waals surface area contributed by atoms with E-state index < -0.39 is 10.0 Å². The summed E-state index contributed by atoms with van der Waals surface area (Å²) >= 11 is 1.54. The van der Waals surface area contributed by atoms with Crippen molar-refractivity contribution in [2.24, 2.45) is 0 Å². The number of nitrogens with zero attached hydrogens (tertiary/aromatic N) is 2. The third-order valence-electron chi connectivity index (χ3n) is 5.34. The van der Waals surface area contributed by atoms with Gasteiger partial charge in [0, 0.05) is 30.0 Å². The fourth-order valence-corrected chi connectivity index (χ4v) is 5.76. The molecule has 3 aromatic carbocycles. The maximum Gasteiger partial charge on any atom is 0.240 e. The lowest BCUT2D eigenvalue weighted by molar-refractivity contribution is 0.414. The molecule has 4 aromatic rings. The quantitative estimate of drug-likeness (QED) is 0.239. The minimum Gasteiger partial charge on any atom is -0.497 e. The van der Waals surface area contributed by atoms with E-state index in [1.54, 1.807) is 31.0 Å². The molecule has 0 saturated carbocycles. The number of aromatic nitrogens is 2. The summed E-state index contributed by atoms with van der Waals surface area (Å²) in [5, 5.41) is 0.865. The Labute approximate surface area is 205 Å². The zero-order chi connectivity index (χ0) is 24.0. The number of benzene rings is 3. The van der Waals surface area contributed by atoms with Crippen LogP contribution >= 0.6 is 11.8 Å². The minimum absolute atomic E-state index is 0.214. The predicted molar refractivity (Wildman–Crippen MR) is 138 cm³/mol. The molecule has 176 valence electrons. The van der Waals surface area contributed by atoms with Crippen molar-refractivity contribution in [2.45, 2.75) is 23.5 Å². The van der Waals surface area contributed by atoms with Crippen LogP contribution in [-0.4, -0.2) is 37.4 Å². The Morgan fingerprint density at radius 2 is 1.53 bits per heavy atom. The highest BCUT2D eigenvalue weighted by Gasteiger charge is 2.20. The van der Waals surface area contributed by atoms with Crippen molar-refractivity contribution in [3.63, 3.8) is 0 Å². The van der Waals surface area contributed by atoms with Crippen molar-refractivity contribution in [1.29, 1.82) is 0 Å². The first-order chi connectivity index (χ1) is 16.5. The molecular weight excluding hydrogens is 466 g/mol. The summed E-state index contributed by atoms with van der Waals surface area (Å²) in [5.41, 5.74) is 4.14. The van der Waals surface area contributed by atoms with E-state index in [4.69, 9.17) is 9.72 Å². The number of sulfonamides is 1. The fraction of sp³-hybridized carbons (Fsp3) is 0.192. The molecule has 1 aromatic heterocycles. The van der Waals surface area contributed by atoms with Crippen LogP contribution in [0.3, 0.4) is 0 Å². The zero-order valence-corrected chi connectivity index (χ0v) is 20.8. The summed E-state index contributed by atoms with van der Waals surface area (Å²) in [7, 11) is -2.04. The normalized spacial score (nSPS) is 11.5. The molecule has 0 spiro atoms. The zero-order valence-electron chi connectivity index (χ0n) is 19.1. The molecule has 8 heteroatoms. The molecule has 1 N–H and O–H groups in total. The van der Waals surface area contributed by atoms with Crippen molar-refractivity contribution >= 4 is 21.8 Å². The first kappa shape index (κ1) is 24.1. The molecule has 0 aliphatic carbocycles. The van der Waals surface area contributed by atoms with Gasteiger partial charge in [-0.2, -0.15) is 0 Å². The van der Waals surface area contributed by atoms with Gasteiger partial charge < -0.3 is 9.30 Å². The maximum absolute atomic E-state index is 12.6. The second-order valence-corrected chi connectivity index (χ2v) is 10.3. The number of hydrogen-bond donors (Lipinski definition) is 1. The molecule has 0 atom stereocenters. The van der Waals surface area contributed by atoms with Crippen LogP contribution in [0, 0.1) is 0 Å². The van der Waals surface area contributed by atoms with Crippen LogP contribution in [0.2, 0.25) is 0 Å². The van der Waals surface area contributed by atoms with E-state index in [0.717, 1.165) is 34.2 Å². The van der Waals surface area contributed by atoms with Gasteiger partial charge in [0.2, 0.25) is 10.0 Å². The Morgan fingerprint density at radius 3 is 2.12 bits per heavy atom. The number of nitrogens with one attached hydrogen (secondary N) is 1. The van der Waals surface area contributed by atoms with Gasteiger partial charge in [0.05, 0.1) is 23.4 Å².